The summed E-state index contributed by atoms with van der Waals surface area (Å²) >= 11 is 1.53. The van der Waals surface area contributed by atoms with Gasteiger partial charge in [0.05, 0.1) is 18.8 Å². The molecule has 0 saturated carbocycles. The van der Waals surface area contributed by atoms with Crippen molar-refractivity contribution in [1.82, 2.24) is 25.5 Å². The van der Waals surface area contributed by atoms with E-state index in [0.29, 0.717) is 36.7 Å². The van der Waals surface area contributed by atoms with Crippen molar-refractivity contribution in [3.63, 3.8) is 0 Å². The second-order valence-electron chi connectivity index (χ2n) is 10.1. The van der Waals surface area contributed by atoms with Crippen molar-refractivity contribution < 1.29 is 29.3 Å². The van der Waals surface area contributed by atoms with Crippen LogP contribution in [-0.2, 0) is 39.3 Å². The maximum atomic E-state index is 12.2. The van der Waals surface area contributed by atoms with Gasteiger partial charge >= 0.3 is 5.97 Å². The van der Waals surface area contributed by atoms with Gasteiger partial charge in [0.1, 0.15) is 0 Å². The van der Waals surface area contributed by atoms with Crippen molar-refractivity contribution in [1.29, 1.82) is 0 Å². The highest BCUT2D eigenvalue weighted by atomic mass is 32.2. The van der Waals surface area contributed by atoms with Crippen LogP contribution >= 0.6 is 11.8 Å². The normalized spacial score (nSPS) is 18.7. The minimum Gasteiger partial charge on any atom is -0.481 e. The van der Waals surface area contributed by atoms with Gasteiger partial charge in [0, 0.05) is 44.2 Å². The van der Waals surface area contributed by atoms with Crippen molar-refractivity contribution >= 4 is 23.6 Å². The number of unbranched alkanes of at least 4 members (excludes halogenated alkanes) is 3. The average Bonchev–Trinajstić information content (AvgIpc) is 3.41. The number of carboxylic acids is 1. The number of aliphatic hydroxyl groups is 1. The summed E-state index contributed by atoms with van der Waals surface area (Å²) < 4.78 is 14.4. The zero-order valence-corrected chi connectivity index (χ0v) is 24.0. The maximum Gasteiger partial charge on any atom is 0.303 e. The number of nitrogens with one attached hydrogen (secondary N) is 1. The van der Waals surface area contributed by atoms with Gasteiger partial charge in [-0.3, -0.25) is 9.59 Å². The summed E-state index contributed by atoms with van der Waals surface area (Å²) in [5, 5.41) is 33.4. The van der Waals surface area contributed by atoms with Crippen molar-refractivity contribution in [2.24, 2.45) is 7.05 Å². The molecule has 11 nitrogen and oxygen atoms in total. The second-order valence-corrected chi connectivity index (χ2v) is 11.1. The van der Waals surface area contributed by atoms with Crippen LogP contribution in [0.1, 0.15) is 79.6 Å². The van der Waals surface area contributed by atoms with Gasteiger partial charge in [-0.1, -0.05) is 73.1 Å². The lowest BCUT2D eigenvalue weighted by atomic mass is 10.0. The van der Waals surface area contributed by atoms with Crippen LogP contribution in [-0.4, -0.2) is 54.2 Å². The van der Waals surface area contributed by atoms with E-state index in [4.69, 9.17) is 14.6 Å². The first-order valence-corrected chi connectivity index (χ1v) is 14.8. The molecule has 2 heterocycles. The van der Waals surface area contributed by atoms with Crippen LogP contribution in [0.15, 0.2) is 53.7 Å². The van der Waals surface area contributed by atoms with Crippen molar-refractivity contribution in [3.05, 3.63) is 70.8 Å². The summed E-state index contributed by atoms with van der Waals surface area (Å²) in [6.07, 6.45) is 3.46. The minimum atomic E-state index is -0.779. The lowest BCUT2D eigenvalue weighted by Gasteiger charge is -2.36. The second kappa shape index (κ2) is 15.6. The van der Waals surface area contributed by atoms with E-state index in [1.165, 1.54) is 11.8 Å². The molecule has 4 rings (SSSR count). The first-order chi connectivity index (χ1) is 19.9. The zero-order chi connectivity index (χ0) is 29.0. The van der Waals surface area contributed by atoms with Crippen LogP contribution < -0.4 is 5.32 Å². The third-order valence-corrected chi connectivity index (χ3v) is 8.02. The summed E-state index contributed by atoms with van der Waals surface area (Å²) in [7, 11) is 1.80. The fourth-order valence-electron chi connectivity index (χ4n) is 4.53. The molecule has 3 atom stereocenters. The molecular formula is C29H37N5O6S. The Morgan fingerprint density at radius 3 is 2.32 bits per heavy atom. The number of carboxylic acid groups (broad SMARTS) is 1. The van der Waals surface area contributed by atoms with Crippen molar-refractivity contribution in [3.8, 4) is 0 Å². The lowest BCUT2D eigenvalue weighted by molar-refractivity contribution is -0.245. The highest BCUT2D eigenvalue weighted by Gasteiger charge is 2.32. The fraction of sp³-hybridized carbons (Fsp3) is 0.483. The van der Waals surface area contributed by atoms with Crippen LogP contribution in [0.3, 0.4) is 0 Å². The van der Waals surface area contributed by atoms with E-state index in [2.05, 4.69) is 20.8 Å². The Morgan fingerprint density at radius 1 is 0.976 bits per heavy atom. The van der Waals surface area contributed by atoms with Crippen molar-refractivity contribution in [2.75, 3.05) is 5.75 Å². The number of aliphatic hydroxyl groups excluding tert-OH is 1. The van der Waals surface area contributed by atoms with Crippen LogP contribution in [0.5, 0.6) is 0 Å². The molecule has 1 aliphatic heterocycles. The lowest BCUT2D eigenvalue weighted by Crippen LogP contribution is -2.31. The molecule has 1 amide bonds. The predicted molar refractivity (Wildman–Crippen MR) is 152 cm³/mol. The Hall–Kier alpha value is -3.32. The van der Waals surface area contributed by atoms with Gasteiger partial charge in [0.25, 0.3) is 0 Å². The van der Waals surface area contributed by atoms with Crippen LogP contribution in [0, 0.1) is 0 Å². The Balaban J connectivity index is 1.32. The van der Waals surface area contributed by atoms with E-state index in [-0.39, 0.29) is 31.1 Å². The number of tetrazole rings is 1. The van der Waals surface area contributed by atoms with Crippen LogP contribution in [0.2, 0.25) is 0 Å². The monoisotopic (exact) mass is 583 g/mol. The van der Waals surface area contributed by atoms with Gasteiger partial charge in [-0.15, -0.1) is 5.10 Å². The van der Waals surface area contributed by atoms with Gasteiger partial charge in [-0.2, -0.15) is 0 Å². The number of aromatic nitrogens is 4. The summed E-state index contributed by atoms with van der Waals surface area (Å²) in [5.41, 5.74) is 3.72. The number of amides is 1. The highest BCUT2D eigenvalue weighted by molar-refractivity contribution is 7.99. The molecule has 220 valence electrons. The first-order valence-electron chi connectivity index (χ1n) is 13.8. The summed E-state index contributed by atoms with van der Waals surface area (Å²) in [5.74, 6) is -0.137. The molecule has 41 heavy (non-hydrogen) atoms. The first kappa shape index (κ1) is 30.6. The molecule has 0 spiro atoms. The van der Waals surface area contributed by atoms with E-state index >= 15 is 0 Å². The molecule has 0 aliphatic carbocycles. The van der Waals surface area contributed by atoms with Crippen LogP contribution in [0.25, 0.3) is 0 Å². The number of rotatable bonds is 15. The number of aryl methyl sites for hydroxylation is 1. The standard InChI is InChI=1S/C29H37N5O6S/c1-34-29(31-32-33-34)41-19-24-16-25(22-12-10-21(18-35)11-13-22)40-28(39-24)23-14-8-20(9-15-23)17-30-26(36)6-4-2-3-5-7-27(37)38/h8-15,24-25,28,35H,2-7,16-19H2,1H3,(H,30,36)(H,37,38)/t24-,25+,28+/m0/s1. The fourth-order valence-corrected chi connectivity index (χ4v) is 5.40. The molecule has 3 aromatic rings. The molecule has 1 aromatic heterocycles. The van der Waals surface area contributed by atoms with Gasteiger partial charge in [-0.25, -0.2) is 4.68 Å². The molecule has 0 unspecified atom stereocenters. The number of hydrogen-bond donors (Lipinski definition) is 3. The molecular weight excluding hydrogens is 546 g/mol. The Kier molecular flexibility index (Phi) is 11.7. The number of benzene rings is 2. The van der Waals surface area contributed by atoms with E-state index in [1.54, 1.807) is 11.7 Å². The molecule has 0 radical (unpaired) electrons. The van der Waals surface area contributed by atoms with E-state index < -0.39 is 12.3 Å². The van der Waals surface area contributed by atoms with E-state index in [9.17, 15) is 14.7 Å². The Morgan fingerprint density at radius 2 is 1.66 bits per heavy atom. The highest BCUT2D eigenvalue weighted by Crippen LogP contribution is 2.39. The maximum absolute atomic E-state index is 12.2. The number of thioether (sulfide) groups is 1. The molecule has 1 fully saturated rings. The average molecular weight is 584 g/mol. The van der Waals surface area contributed by atoms with Crippen LogP contribution in [0.4, 0.5) is 0 Å². The van der Waals surface area contributed by atoms with E-state index in [0.717, 1.165) is 41.5 Å². The number of carbonyl (C=O) groups excluding carboxylic acids is 1. The summed E-state index contributed by atoms with van der Waals surface area (Å²) in [6, 6.07) is 15.6. The van der Waals surface area contributed by atoms with Crippen molar-refractivity contribution in [2.45, 2.75) is 81.8 Å². The number of carbonyl (C=O) groups is 2. The Labute approximate surface area is 243 Å². The van der Waals surface area contributed by atoms with Gasteiger partial charge in [-0.05, 0) is 40.0 Å². The predicted octanol–water partition coefficient (Wildman–Crippen LogP) is 4.08. The third kappa shape index (κ3) is 9.63. The molecule has 12 heteroatoms. The minimum absolute atomic E-state index is 0.00998. The van der Waals surface area contributed by atoms with E-state index in [1.807, 2.05) is 48.5 Å². The summed E-state index contributed by atoms with van der Waals surface area (Å²) in [6.45, 7) is 0.416. The molecule has 2 aromatic carbocycles. The molecule has 3 N–H and O–H groups in total. The summed E-state index contributed by atoms with van der Waals surface area (Å²) in [4.78, 5) is 22.8. The number of ether oxygens (including phenoxy) is 2. The topological polar surface area (TPSA) is 149 Å². The van der Waals surface area contributed by atoms with Gasteiger partial charge < -0.3 is 25.0 Å². The molecule has 0 bridgehead atoms. The largest absolute Gasteiger partial charge is 0.481 e. The SMILES string of the molecule is Cn1nnnc1SC[C@@H]1C[C@H](c2ccc(CO)cc2)O[C@H](c2ccc(CNC(=O)CCCCCCC(=O)O)cc2)O1. The van der Waals surface area contributed by atoms with Gasteiger partial charge in [0.2, 0.25) is 11.1 Å². The Bertz CT molecular complexity index is 1250. The third-order valence-electron chi connectivity index (χ3n) is 6.88. The van der Waals surface area contributed by atoms with Gasteiger partial charge in [0.15, 0.2) is 6.29 Å². The smallest absolute Gasteiger partial charge is 0.303 e. The quantitative estimate of drug-likeness (QED) is 0.176. The number of nitrogens with zero attached hydrogens (tertiary/aromatic N) is 4. The number of aliphatic carboxylic acids is 1. The zero-order valence-electron chi connectivity index (χ0n) is 23.1. The molecule has 1 saturated heterocycles. The number of hydrogen-bond acceptors (Lipinski definition) is 9. The molecule has 1 aliphatic rings.